The van der Waals surface area contributed by atoms with E-state index in [-0.39, 0.29) is 11.4 Å². The van der Waals surface area contributed by atoms with Crippen LogP contribution in [0.5, 0.6) is 11.5 Å². The topological polar surface area (TPSA) is 59.6 Å². The molecule has 1 atom stereocenters. The van der Waals surface area contributed by atoms with Crippen LogP contribution in [-0.2, 0) is 4.79 Å². The van der Waals surface area contributed by atoms with Crippen LogP contribution in [0.15, 0.2) is 47.4 Å². The summed E-state index contributed by atoms with van der Waals surface area (Å²) < 4.78 is 10.9. The predicted molar refractivity (Wildman–Crippen MR) is 106 cm³/mol. The van der Waals surface area contributed by atoms with Gasteiger partial charge in [-0.3, -0.25) is 4.79 Å². The molecule has 0 bridgehead atoms. The van der Waals surface area contributed by atoms with E-state index in [4.69, 9.17) is 9.47 Å². The first-order valence-corrected chi connectivity index (χ1v) is 9.30. The van der Waals surface area contributed by atoms with Gasteiger partial charge in [0.15, 0.2) is 5.50 Å². The van der Waals surface area contributed by atoms with Gasteiger partial charge in [-0.15, -0.1) is 0 Å². The Kier molecular flexibility index (Phi) is 5.73. The maximum Gasteiger partial charge on any atom is 0.260 e. The molecule has 1 saturated heterocycles. The van der Waals surface area contributed by atoms with Crippen molar-refractivity contribution in [3.05, 3.63) is 58.5 Å². The Labute approximate surface area is 157 Å². The maximum atomic E-state index is 12.3. The van der Waals surface area contributed by atoms with Crippen LogP contribution in [0.2, 0.25) is 0 Å². The SMILES string of the molecule is CCOc1cccc(/C=C2\SC(Nc3cc(C)ccc3OC)NC2=O)c1. The number of amides is 1. The minimum atomic E-state index is -0.250. The third kappa shape index (κ3) is 4.32. The average Bonchev–Trinajstić information content (AvgIpc) is 2.95. The van der Waals surface area contributed by atoms with Gasteiger partial charge in [0.2, 0.25) is 0 Å². The standard InChI is InChI=1S/C20H22N2O3S/c1-4-25-15-7-5-6-14(11-15)12-18-19(23)22-20(26-18)21-16-10-13(2)8-9-17(16)24-3/h5-12,20-21H,4H2,1-3H3,(H,22,23)/b18-12-. The van der Waals surface area contributed by atoms with Crippen LogP contribution in [0.4, 0.5) is 5.69 Å². The molecular formula is C20H22N2O3S. The van der Waals surface area contributed by atoms with Crippen molar-refractivity contribution in [2.75, 3.05) is 19.0 Å². The lowest BCUT2D eigenvalue weighted by Gasteiger charge is -2.16. The molecule has 3 rings (SSSR count). The number of carbonyl (C=O) groups is 1. The van der Waals surface area contributed by atoms with E-state index in [2.05, 4.69) is 10.6 Å². The first-order chi connectivity index (χ1) is 12.6. The molecule has 136 valence electrons. The zero-order valence-corrected chi connectivity index (χ0v) is 15.9. The van der Waals surface area contributed by atoms with Crippen molar-refractivity contribution >= 4 is 29.4 Å². The lowest BCUT2D eigenvalue weighted by molar-refractivity contribution is -0.116. The van der Waals surface area contributed by atoms with Crippen LogP contribution in [-0.4, -0.2) is 25.1 Å². The molecule has 1 aliphatic heterocycles. The summed E-state index contributed by atoms with van der Waals surface area (Å²) in [5.74, 6) is 1.44. The Hall–Kier alpha value is -2.60. The van der Waals surface area contributed by atoms with Gasteiger partial charge in [0, 0.05) is 0 Å². The highest BCUT2D eigenvalue weighted by Gasteiger charge is 2.27. The first kappa shape index (κ1) is 18.2. The summed E-state index contributed by atoms with van der Waals surface area (Å²) in [5.41, 5.74) is 2.65. The van der Waals surface area contributed by atoms with Gasteiger partial charge in [-0.05, 0) is 55.3 Å². The number of ether oxygens (including phenoxy) is 2. The number of rotatable bonds is 6. The molecule has 1 heterocycles. The fraction of sp³-hybridized carbons (Fsp3) is 0.250. The van der Waals surface area contributed by atoms with Crippen molar-refractivity contribution in [1.29, 1.82) is 0 Å². The average molecular weight is 370 g/mol. The number of methoxy groups -OCH3 is 1. The van der Waals surface area contributed by atoms with Crippen LogP contribution in [0.1, 0.15) is 18.1 Å². The molecule has 6 heteroatoms. The summed E-state index contributed by atoms with van der Waals surface area (Å²) in [5, 5.41) is 6.26. The Morgan fingerprint density at radius 2 is 2.12 bits per heavy atom. The van der Waals surface area contributed by atoms with Gasteiger partial charge in [-0.25, -0.2) is 0 Å². The van der Waals surface area contributed by atoms with Crippen molar-refractivity contribution in [1.82, 2.24) is 5.32 Å². The summed E-state index contributed by atoms with van der Waals surface area (Å²) in [6, 6.07) is 13.6. The van der Waals surface area contributed by atoms with E-state index >= 15 is 0 Å². The number of hydrogen-bond acceptors (Lipinski definition) is 5. The highest BCUT2D eigenvalue weighted by Crippen LogP contribution is 2.33. The molecule has 1 aliphatic rings. The molecule has 1 amide bonds. The molecule has 1 fully saturated rings. The normalized spacial score (nSPS) is 17.9. The molecule has 26 heavy (non-hydrogen) atoms. The molecule has 5 nitrogen and oxygen atoms in total. The van der Waals surface area contributed by atoms with E-state index in [1.807, 2.05) is 62.4 Å². The first-order valence-electron chi connectivity index (χ1n) is 8.42. The van der Waals surface area contributed by atoms with Crippen molar-refractivity contribution < 1.29 is 14.3 Å². The predicted octanol–water partition coefficient (Wildman–Crippen LogP) is 4.00. The summed E-state index contributed by atoms with van der Waals surface area (Å²) >= 11 is 1.45. The Morgan fingerprint density at radius 1 is 1.27 bits per heavy atom. The van der Waals surface area contributed by atoms with Gasteiger partial charge in [0.05, 0.1) is 24.3 Å². The molecule has 2 aromatic carbocycles. The molecule has 2 N–H and O–H groups in total. The largest absolute Gasteiger partial charge is 0.495 e. The van der Waals surface area contributed by atoms with Crippen LogP contribution >= 0.6 is 11.8 Å². The van der Waals surface area contributed by atoms with Gasteiger partial charge in [0.1, 0.15) is 11.5 Å². The molecule has 0 radical (unpaired) electrons. The van der Waals surface area contributed by atoms with Crippen molar-refractivity contribution in [2.24, 2.45) is 0 Å². The monoisotopic (exact) mass is 370 g/mol. The van der Waals surface area contributed by atoms with E-state index in [1.165, 1.54) is 11.8 Å². The second-order valence-corrected chi connectivity index (χ2v) is 6.98. The van der Waals surface area contributed by atoms with Crippen LogP contribution in [0, 0.1) is 6.92 Å². The molecule has 0 spiro atoms. The number of aryl methyl sites for hydroxylation is 1. The van der Waals surface area contributed by atoms with Gasteiger partial charge >= 0.3 is 0 Å². The third-order valence-electron chi connectivity index (χ3n) is 3.84. The number of hydrogen-bond donors (Lipinski definition) is 2. The van der Waals surface area contributed by atoms with E-state index in [0.717, 1.165) is 28.3 Å². The van der Waals surface area contributed by atoms with E-state index in [1.54, 1.807) is 7.11 Å². The minimum absolute atomic E-state index is 0.0964. The summed E-state index contributed by atoms with van der Waals surface area (Å²) in [6.07, 6.45) is 1.87. The number of benzene rings is 2. The summed E-state index contributed by atoms with van der Waals surface area (Å²) in [6.45, 7) is 4.57. The number of thioether (sulfide) groups is 1. The van der Waals surface area contributed by atoms with Crippen LogP contribution in [0.25, 0.3) is 6.08 Å². The second kappa shape index (κ2) is 8.19. The summed E-state index contributed by atoms with van der Waals surface area (Å²) in [4.78, 5) is 13.0. The van der Waals surface area contributed by atoms with Gasteiger partial charge in [-0.1, -0.05) is 30.0 Å². The zero-order valence-electron chi connectivity index (χ0n) is 15.0. The molecule has 0 saturated carbocycles. The number of carbonyl (C=O) groups excluding carboxylic acids is 1. The molecule has 1 unspecified atom stereocenters. The van der Waals surface area contributed by atoms with Crippen molar-refractivity contribution in [3.63, 3.8) is 0 Å². The van der Waals surface area contributed by atoms with Crippen LogP contribution in [0.3, 0.4) is 0 Å². The molecule has 2 aromatic rings. The summed E-state index contributed by atoms with van der Waals surface area (Å²) in [7, 11) is 1.63. The van der Waals surface area contributed by atoms with Gasteiger partial charge in [-0.2, -0.15) is 0 Å². The Balaban J connectivity index is 1.75. The van der Waals surface area contributed by atoms with Gasteiger partial charge in [0.25, 0.3) is 5.91 Å². The molecular weight excluding hydrogens is 348 g/mol. The highest BCUT2D eigenvalue weighted by atomic mass is 32.2. The molecule has 0 aliphatic carbocycles. The Bertz CT molecular complexity index is 836. The second-order valence-electron chi connectivity index (χ2n) is 5.83. The number of nitrogens with one attached hydrogen (secondary N) is 2. The zero-order chi connectivity index (χ0) is 18.5. The highest BCUT2D eigenvalue weighted by molar-refractivity contribution is 8.05. The number of anilines is 1. The van der Waals surface area contributed by atoms with E-state index in [9.17, 15) is 4.79 Å². The van der Waals surface area contributed by atoms with E-state index < -0.39 is 0 Å². The smallest absolute Gasteiger partial charge is 0.260 e. The van der Waals surface area contributed by atoms with Crippen LogP contribution < -0.4 is 20.1 Å². The van der Waals surface area contributed by atoms with Crippen molar-refractivity contribution in [2.45, 2.75) is 19.3 Å². The molecule has 0 aromatic heterocycles. The maximum absolute atomic E-state index is 12.3. The third-order valence-corrected chi connectivity index (χ3v) is 4.87. The Morgan fingerprint density at radius 3 is 2.88 bits per heavy atom. The van der Waals surface area contributed by atoms with Crippen molar-refractivity contribution in [3.8, 4) is 11.5 Å². The quantitative estimate of drug-likeness (QED) is 0.753. The van der Waals surface area contributed by atoms with Gasteiger partial charge < -0.3 is 20.1 Å². The lowest BCUT2D eigenvalue weighted by atomic mass is 10.2. The minimum Gasteiger partial charge on any atom is -0.495 e. The van der Waals surface area contributed by atoms with E-state index in [0.29, 0.717) is 11.5 Å². The fourth-order valence-corrected chi connectivity index (χ4v) is 3.63. The fourth-order valence-electron chi connectivity index (χ4n) is 2.65. The lowest BCUT2D eigenvalue weighted by Crippen LogP contribution is -2.31.